The van der Waals surface area contributed by atoms with E-state index in [1.165, 1.54) is 12.1 Å². The topological polar surface area (TPSA) is 37.8 Å². The molecule has 1 aromatic carbocycles. The van der Waals surface area contributed by atoms with Gasteiger partial charge in [0.1, 0.15) is 5.82 Å². The number of aromatic nitrogens is 2. The fourth-order valence-corrected chi connectivity index (χ4v) is 2.04. The van der Waals surface area contributed by atoms with Crippen LogP contribution in [0.4, 0.5) is 14.6 Å². The minimum absolute atomic E-state index is 0.119. The Morgan fingerprint density at radius 3 is 2.56 bits per heavy atom. The normalized spacial score (nSPS) is 10.5. The zero-order valence-electron chi connectivity index (χ0n) is 9.76. The van der Waals surface area contributed by atoms with Gasteiger partial charge in [0.25, 0.3) is 0 Å². The van der Waals surface area contributed by atoms with Crippen LogP contribution in [0.1, 0.15) is 5.69 Å². The van der Waals surface area contributed by atoms with E-state index in [0.29, 0.717) is 15.9 Å². The summed E-state index contributed by atoms with van der Waals surface area (Å²) in [6.45, 7) is 1.55. The standard InChI is InChI=1S/C12H10BrF2N3/c1-6-10(15)12(16-2)18-11(17-6)8-4-3-7(14)5-9(8)13/h3-5H,1-2H3,(H,16,17,18). The molecule has 1 N–H and O–H groups in total. The number of halogens is 3. The molecule has 2 aromatic rings. The molecule has 0 aliphatic heterocycles. The summed E-state index contributed by atoms with van der Waals surface area (Å²) in [5, 5.41) is 2.66. The second-order valence-corrected chi connectivity index (χ2v) is 4.52. The molecule has 1 heterocycles. The largest absolute Gasteiger partial charge is 0.371 e. The molecule has 0 saturated heterocycles. The molecule has 2 rings (SSSR count). The Hall–Kier alpha value is -1.56. The number of nitrogens with one attached hydrogen (secondary N) is 1. The highest BCUT2D eigenvalue weighted by atomic mass is 79.9. The molecule has 1 aromatic heterocycles. The van der Waals surface area contributed by atoms with E-state index in [9.17, 15) is 8.78 Å². The first-order chi connectivity index (χ1) is 8.52. The molecule has 94 valence electrons. The van der Waals surface area contributed by atoms with Crippen LogP contribution in [0.25, 0.3) is 11.4 Å². The molecule has 0 spiro atoms. The maximum absolute atomic E-state index is 13.6. The summed E-state index contributed by atoms with van der Waals surface area (Å²) in [4.78, 5) is 8.13. The highest BCUT2D eigenvalue weighted by Crippen LogP contribution is 2.28. The lowest BCUT2D eigenvalue weighted by Crippen LogP contribution is -2.03. The molecule has 0 atom stereocenters. The van der Waals surface area contributed by atoms with Gasteiger partial charge in [-0.25, -0.2) is 18.7 Å². The number of hydrogen-bond donors (Lipinski definition) is 1. The number of hydrogen-bond acceptors (Lipinski definition) is 3. The van der Waals surface area contributed by atoms with Crippen LogP contribution in [0, 0.1) is 18.6 Å². The van der Waals surface area contributed by atoms with Gasteiger partial charge in [0.15, 0.2) is 17.5 Å². The molecule has 6 heteroatoms. The Labute approximate surface area is 111 Å². The van der Waals surface area contributed by atoms with E-state index in [1.54, 1.807) is 20.0 Å². The maximum atomic E-state index is 13.6. The lowest BCUT2D eigenvalue weighted by molar-refractivity contribution is 0.607. The monoisotopic (exact) mass is 313 g/mol. The summed E-state index contributed by atoms with van der Waals surface area (Å²) in [5.41, 5.74) is 0.844. The number of anilines is 1. The fourth-order valence-electron chi connectivity index (χ4n) is 1.52. The SMILES string of the molecule is CNc1nc(-c2ccc(F)cc2Br)nc(C)c1F. The average molecular weight is 314 g/mol. The van der Waals surface area contributed by atoms with Crippen molar-refractivity contribution in [1.82, 2.24) is 9.97 Å². The van der Waals surface area contributed by atoms with Crippen molar-refractivity contribution in [2.75, 3.05) is 12.4 Å². The van der Waals surface area contributed by atoms with E-state index in [2.05, 4.69) is 31.2 Å². The Morgan fingerprint density at radius 1 is 1.22 bits per heavy atom. The van der Waals surface area contributed by atoms with Crippen LogP contribution in [0.5, 0.6) is 0 Å². The molecule has 0 bridgehead atoms. The van der Waals surface area contributed by atoms with Crippen LogP contribution in [0.3, 0.4) is 0 Å². The van der Waals surface area contributed by atoms with Crippen LogP contribution in [-0.2, 0) is 0 Å². The third-order valence-electron chi connectivity index (χ3n) is 2.43. The minimum Gasteiger partial charge on any atom is -0.371 e. The molecule has 0 aliphatic rings. The first-order valence-electron chi connectivity index (χ1n) is 5.20. The Kier molecular flexibility index (Phi) is 3.56. The predicted molar refractivity (Wildman–Crippen MR) is 69.4 cm³/mol. The molecule has 0 unspecified atom stereocenters. The van der Waals surface area contributed by atoms with Gasteiger partial charge in [0.05, 0.1) is 5.69 Å². The van der Waals surface area contributed by atoms with Crippen LogP contribution >= 0.6 is 15.9 Å². The van der Waals surface area contributed by atoms with Gasteiger partial charge in [-0.1, -0.05) is 0 Å². The van der Waals surface area contributed by atoms with Crippen molar-refractivity contribution in [2.24, 2.45) is 0 Å². The molecule has 18 heavy (non-hydrogen) atoms. The van der Waals surface area contributed by atoms with Gasteiger partial charge in [-0.15, -0.1) is 0 Å². The van der Waals surface area contributed by atoms with Crippen molar-refractivity contribution in [3.8, 4) is 11.4 Å². The van der Waals surface area contributed by atoms with Crippen LogP contribution in [-0.4, -0.2) is 17.0 Å². The lowest BCUT2D eigenvalue weighted by Gasteiger charge is -2.08. The summed E-state index contributed by atoms with van der Waals surface area (Å²) in [7, 11) is 1.58. The van der Waals surface area contributed by atoms with Gasteiger partial charge >= 0.3 is 0 Å². The van der Waals surface area contributed by atoms with Crippen molar-refractivity contribution in [1.29, 1.82) is 0 Å². The predicted octanol–water partition coefficient (Wildman–Crippen LogP) is 3.53. The number of nitrogens with zero attached hydrogens (tertiary/aromatic N) is 2. The summed E-state index contributed by atoms with van der Waals surface area (Å²) in [5.74, 6) is -0.392. The first kappa shape index (κ1) is 12.9. The molecule has 0 amide bonds. The molecular formula is C12H10BrF2N3. The van der Waals surface area contributed by atoms with Crippen LogP contribution in [0.15, 0.2) is 22.7 Å². The molecule has 0 radical (unpaired) electrons. The smallest absolute Gasteiger partial charge is 0.186 e. The van der Waals surface area contributed by atoms with Gasteiger partial charge < -0.3 is 5.32 Å². The fraction of sp³-hybridized carbons (Fsp3) is 0.167. The molecule has 3 nitrogen and oxygen atoms in total. The van der Waals surface area contributed by atoms with Crippen molar-refractivity contribution in [2.45, 2.75) is 6.92 Å². The van der Waals surface area contributed by atoms with Gasteiger partial charge in [0, 0.05) is 17.1 Å². The van der Waals surface area contributed by atoms with E-state index in [4.69, 9.17) is 0 Å². The van der Waals surface area contributed by atoms with E-state index in [1.807, 2.05) is 0 Å². The third kappa shape index (κ3) is 2.33. The lowest BCUT2D eigenvalue weighted by atomic mass is 10.2. The molecular weight excluding hydrogens is 304 g/mol. The van der Waals surface area contributed by atoms with Gasteiger partial charge in [0.2, 0.25) is 0 Å². The number of benzene rings is 1. The third-order valence-corrected chi connectivity index (χ3v) is 3.08. The summed E-state index contributed by atoms with van der Waals surface area (Å²) in [6.07, 6.45) is 0. The van der Waals surface area contributed by atoms with E-state index in [-0.39, 0.29) is 17.3 Å². The maximum Gasteiger partial charge on any atom is 0.186 e. The van der Waals surface area contributed by atoms with E-state index in [0.717, 1.165) is 0 Å². The summed E-state index contributed by atoms with van der Waals surface area (Å²) >= 11 is 3.24. The molecule has 0 saturated carbocycles. The quantitative estimate of drug-likeness (QED) is 0.921. The Bertz CT molecular complexity index is 602. The zero-order chi connectivity index (χ0) is 13.3. The Morgan fingerprint density at radius 2 is 1.94 bits per heavy atom. The highest BCUT2D eigenvalue weighted by Gasteiger charge is 2.13. The molecule has 0 fully saturated rings. The molecule has 0 aliphatic carbocycles. The second-order valence-electron chi connectivity index (χ2n) is 3.67. The second kappa shape index (κ2) is 4.97. The van der Waals surface area contributed by atoms with E-state index < -0.39 is 5.82 Å². The number of rotatable bonds is 2. The van der Waals surface area contributed by atoms with Crippen molar-refractivity contribution in [3.63, 3.8) is 0 Å². The van der Waals surface area contributed by atoms with E-state index >= 15 is 0 Å². The highest BCUT2D eigenvalue weighted by molar-refractivity contribution is 9.10. The first-order valence-corrected chi connectivity index (χ1v) is 5.99. The van der Waals surface area contributed by atoms with Gasteiger partial charge in [-0.3, -0.25) is 0 Å². The number of aryl methyl sites for hydroxylation is 1. The van der Waals surface area contributed by atoms with Crippen LogP contribution < -0.4 is 5.32 Å². The van der Waals surface area contributed by atoms with Gasteiger partial charge in [-0.05, 0) is 41.1 Å². The van der Waals surface area contributed by atoms with Crippen molar-refractivity contribution >= 4 is 21.7 Å². The summed E-state index contributed by atoms with van der Waals surface area (Å²) < 4.78 is 27.1. The van der Waals surface area contributed by atoms with Crippen molar-refractivity contribution < 1.29 is 8.78 Å². The minimum atomic E-state index is -0.487. The Balaban J connectivity index is 2.60. The van der Waals surface area contributed by atoms with Crippen LogP contribution in [0.2, 0.25) is 0 Å². The van der Waals surface area contributed by atoms with Crippen molar-refractivity contribution in [3.05, 3.63) is 40.0 Å². The summed E-state index contributed by atoms with van der Waals surface area (Å²) in [6, 6.07) is 4.17. The van der Waals surface area contributed by atoms with Gasteiger partial charge in [-0.2, -0.15) is 0 Å². The average Bonchev–Trinajstić information content (AvgIpc) is 2.32. The zero-order valence-corrected chi connectivity index (χ0v) is 11.3.